The Kier molecular flexibility index (Phi) is 5.81. The Morgan fingerprint density at radius 3 is 2.68 bits per heavy atom. The molecule has 2 aromatic carbocycles. The third kappa shape index (κ3) is 4.64. The van der Waals surface area contributed by atoms with Crippen LogP contribution in [0.15, 0.2) is 71.6 Å². The van der Waals surface area contributed by atoms with Crippen LogP contribution in [0.2, 0.25) is 0 Å². The average Bonchev–Trinajstić information content (AvgIpc) is 3.18. The number of carbonyl (C=O) groups excluding carboxylic acids is 1. The number of nitrogen functional groups attached to an aromatic ring is 1. The molecule has 0 spiro atoms. The molecule has 0 aliphatic carbocycles. The number of aromatic nitrogens is 3. The number of anilines is 1. The average molecular weight is 480 g/mol. The fraction of sp³-hybridized carbons (Fsp3) is 0.0870. The summed E-state index contributed by atoms with van der Waals surface area (Å²) in [5.74, 6) is -0.839. The van der Waals surface area contributed by atoms with Gasteiger partial charge in [-0.15, -0.1) is 0 Å². The van der Waals surface area contributed by atoms with Gasteiger partial charge in [-0.25, -0.2) is 9.37 Å². The van der Waals surface area contributed by atoms with Crippen LogP contribution in [0.3, 0.4) is 0 Å². The van der Waals surface area contributed by atoms with Crippen LogP contribution >= 0.6 is 15.9 Å². The lowest BCUT2D eigenvalue weighted by Gasteiger charge is -2.10. The Labute approximate surface area is 187 Å². The summed E-state index contributed by atoms with van der Waals surface area (Å²) in [7, 11) is 1.82. The topological polar surface area (TPSA) is 85.8 Å². The molecule has 1 amide bonds. The summed E-state index contributed by atoms with van der Waals surface area (Å²) < 4.78 is 17.4. The minimum atomic E-state index is -0.629. The van der Waals surface area contributed by atoms with E-state index in [4.69, 9.17) is 5.73 Å². The molecule has 156 valence electrons. The van der Waals surface area contributed by atoms with E-state index < -0.39 is 11.7 Å². The number of rotatable bonds is 5. The second kappa shape index (κ2) is 8.69. The van der Waals surface area contributed by atoms with Crippen molar-refractivity contribution in [1.29, 1.82) is 0 Å². The molecule has 2 heterocycles. The molecule has 0 aliphatic rings. The molecule has 0 fully saturated rings. The van der Waals surface area contributed by atoms with Crippen molar-refractivity contribution >= 4 is 27.7 Å². The number of nitrogens with two attached hydrogens (primary N) is 1. The maximum atomic E-state index is 14.8. The molecular formula is C23H19BrFN5O. The highest BCUT2D eigenvalue weighted by atomic mass is 79.9. The van der Waals surface area contributed by atoms with Gasteiger partial charge in [0.1, 0.15) is 11.6 Å². The number of nitrogens with one attached hydrogen (secondary N) is 1. The highest BCUT2D eigenvalue weighted by Gasteiger charge is 2.15. The normalized spacial score (nSPS) is 10.8. The van der Waals surface area contributed by atoms with Crippen LogP contribution in [-0.4, -0.2) is 20.7 Å². The fourth-order valence-corrected chi connectivity index (χ4v) is 3.67. The number of nitrogens with zero attached hydrogens (tertiary/aromatic N) is 3. The van der Waals surface area contributed by atoms with Gasteiger partial charge in [0.05, 0.1) is 11.8 Å². The first-order valence-corrected chi connectivity index (χ1v) is 10.3. The molecule has 0 radical (unpaired) electrons. The van der Waals surface area contributed by atoms with Gasteiger partial charge in [0, 0.05) is 47.1 Å². The Bertz CT molecular complexity index is 1270. The molecular weight excluding hydrogens is 461 g/mol. The van der Waals surface area contributed by atoms with Crippen molar-refractivity contribution in [1.82, 2.24) is 20.1 Å². The molecule has 2 aromatic heterocycles. The number of aryl methyl sites for hydroxylation is 1. The number of amides is 1. The van der Waals surface area contributed by atoms with Crippen LogP contribution < -0.4 is 11.1 Å². The van der Waals surface area contributed by atoms with E-state index in [0.29, 0.717) is 17.7 Å². The van der Waals surface area contributed by atoms with Crippen LogP contribution in [0.1, 0.15) is 15.9 Å². The smallest absolute Gasteiger partial charge is 0.254 e. The van der Waals surface area contributed by atoms with Crippen molar-refractivity contribution < 1.29 is 9.18 Å². The summed E-state index contributed by atoms with van der Waals surface area (Å²) in [5.41, 5.74) is 9.73. The van der Waals surface area contributed by atoms with Crippen LogP contribution in [0, 0.1) is 5.82 Å². The highest BCUT2D eigenvalue weighted by Crippen LogP contribution is 2.30. The van der Waals surface area contributed by atoms with Gasteiger partial charge in [0.2, 0.25) is 0 Å². The predicted molar refractivity (Wildman–Crippen MR) is 122 cm³/mol. The predicted octanol–water partition coefficient (Wildman–Crippen LogP) is 4.56. The third-order valence-corrected chi connectivity index (χ3v) is 5.32. The number of halogens is 2. The minimum absolute atomic E-state index is 0.0336. The number of hydrogen-bond acceptors (Lipinski definition) is 4. The van der Waals surface area contributed by atoms with Gasteiger partial charge in [-0.3, -0.25) is 9.48 Å². The van der Waals surface area contributed by atoms with Gasteiger partial charge < -0.3 is 11.1 Å². The molecule has 0 saturated carbocycles. The van der Waals surface area contributed by atoms with Gasteiger partial charge >= 0.3 is 0 Å². The third-order valence-electron chi connectivity index (χ3n) is 4.82. The van der Waals surface area contributed by atoms with E-state index in [-0.39, 0.29) is 11.4 Å². The zero-order valence-electron chi connectivity index (χ0n) is 16.6. The Morgan fingerprint density at radius 1 is 1.13 bits per heavy atom. The standard InChI is InChI=1S/C23H19BrFN5O/c1-30-13-17(12-29-30)16-8-20(22(26)27-11-16)15-5-6-19(21(25)9-15)23(31)28-10-14-3-2-4-18(24)7-14/h2-9,11-13H,10H2,1H3,(H2,26,27)(H,28,31). The Balaban J connectivity index is 1.56. The molecule has 4 aromatic rings. The van der Waals surface area contributed by atoms with Gasteiger partial charge in [-0.05, 0) is 41.5 Å². The van der Waals surface area contributed by atoms with E-state index in [9.17, 15) is 9.18 Å². The number of hydrogen-bond donors (Lipinski definition) is 2. The van der Waals surface area contributed by atoms with E-state index >= 15 is 0 Å². The second-order valence-electron chi connectivity index (χ2n) is 7.07. The molecule has 31 heavy (non-hydrogen) atoms. The lowest BCUT2D eigenvalue weighted by molar-refractivity contribution is 0.0947. The largest absolute Gasteiger partial charge is 0.383 e. The van der Waals surface area contributed by atoms with Crippen molar-refractivity contribution in [2.75, 3.05) is 5.73 Å². The Morgan fingerprint density at radius 2 is 1.97 bits per heavy atom. The molecule has 0 bridgehead atoms. The van der Waals surface area contributed by atoms with Crippen molar-refractivity contribution in [3.8, 4) is 22.3 Å². The lowest BCUT2D eigenvalue weighted by atomic mass is 10.0. The molecule has 6 nitrogen and oxygen atoms in total. The van der Waals surface area contributed by atoms with Gasteiger partial charge in [0.25, 0.3) is 5.91 Å². The van der Waals surface area contributed by atoms with Crippen molar-refractivity contribution in [2.45, 2.75) is 6.54 Å². The molecule has 0 atom stereocenters. The summed E-state index contributed by atoms with van der Waals surface area (Å²) >= 11 is 3.39. The molecule has 3 N–H and O–H groups in total. The van der Waals surface area contributed by atoms with Gasteiger partial charge in [-0.1, -0.05) is 34.1 Å². The summed E-state index contributed by atoms with van der Waals surface area (Å²) in [5, 5.41) is 6.90. The monoisotopic (exact) mass is 479 g/mol. The highest BCUT2D eigenvalue weighted by molar-refractivity contribution is 9.10. The minimum Gasteiger partial charge on any atom is -0.383 e. The van der Waals surface area contributed by atoms with Crippen LogP contribution in [0.5, 0.6) is 0 Å². The first-order chi connectivity index (χ1) is 14.9. The SMILES string of the molecule is Cn1cc(-c2cnc(N)c(-c3ccc(C(=O)NCc4cccc(Br)c4)c(F)c3)c2)cn1. The first-order valence-electron chi connectivity index (χ1n) is 9.48. The molecule has 0 unspecified atom stereocenters. The number of benzene rings is 2. The summed E-state index contributed by atoms with van der Waals surface area (Å²) in [6.45, 7) is 0.295. The van der Waals surface area contributed by atoms with Gasteiger partial charge in [0.15, 0.2) is 0 Å². The van der Waals surface area contributed by atoms with Crippen molar-refractivity contribution in [3.05, 3.63) is 88.5 Å². The van der Waals surface area contributed by atoms with Crippen LogP contribution in [0.25, 0.3) is 22.3 Å². The Hall–Kier alpha value is -3.52. The van der Waals surface area contributed by atoms with E-state index in [1.54, 1.807) is 23.1 Å². The van der Waals surface area contributed by atoms with Gasteiger partial charge in [-0.2, -0.15) is 5.10 Å². The van der Waals surface area contributed by atoms with E-state index in [2.05, 4.69) is 31.3 Å². The second-order valence-corrected chi connectivity index (χ2v) is 7.98. The number of pyridine rings is 1. The quantitative estimate of drug-likeness (QED) is 0.439. The maximum Gasteiger partial charge on any atom is 0.254 e. The van der Waals surface area contributed by atoms with Crippen molar-refractivity contribution in [3.63, 3.8) is 0 Å². The zero-order valence-corrected chi connectivity index (χ0v) is 18.2. The zero-order chi connectivity index (χ0) is 22.0. The number of carbonyl (C=O) groups is 1. The van der Waals surface area contributed by atoms with Crippen molar-refractivity contribution in [2.24, 2.45) is 7.05 Å². The first kappa shape index (κ1) is 20.7. The summed E-state index contributed by atoms with van der Waals surface area (Å²) in [6, 6.07) is 13.8. The van der Waals surface area contributed by atoms with Crippen LogP contribution in [0.4, 0.5) is 10.2 Å². The lowest BCUT2D eigenvalue weighted by Crippen LogP contribution is -2.23. The fourth-order valence-electron chi connectivity index (χ4n) is 3.23. The summed E-state index contributed by atoms with van der Waals surface area (Å²) in [6.07, 6.45) is 5.22. The molecule has 0 saturated heterocycles. The summed E-state index contributed by atoms with van der Waals surface area (Å²) in [4.78, 5) is 16.7. The molecule has 8 heteroatoms. The van der Waals surface area contributed by atoms with E-state index in [0.717, 1.165) is 21.2 Å². The van der Waals surface area contributed by atoms with E-state index in [1.165, 1.54) is 12.1 Å². The molecule has 4 rings (SSSR count). The van der Waals surface area contributed by atoms with E-state index in [1.807, 2.05) is 43.6 Å². The maximum absolute atomic E-state index is 14.8. The molecule has 0 aliphatic heterocycles. The van der Waals surface area contributed by atoms with Crippen LogP contribution in [-0.2, 0) is 13.6 Å².